The van der Waals surface area contributed by atoms with Gasteiger partial charge in [-0.05, 0) is 62.1 Å². The highest BCUT2D eigenvalue weighted by Gasteiger charge is 2.27. The Morgan fingerprint density at radius 3 is 2.48 bits per heavy atom. The van der Waals surface area contributed by atoms with E-state index in [0.717, 1.165) is 24.2 Å². The minimum atomic E-state index is -3.62. The Balaban J connectivity index is 1.63. The van der Waals surface area contributed by atoms with Crippen LogP contribution in [-0.2, 0) is 21.2 Å². The summed E-state index contributed by atoms with van der Waals surface area (Å²) < 4.78 is 32.2. The van der Waals surface area contributed by atoms with Gasteiger partial charge < -0.3 is 15.2 Å². The monoisotopic (exact) mass is 418 g/mol. The lowest BCUT2D eigenvalue weighted by molar-refractivity contribution is -0.116. The highest BCUT2D eigenvalue weighted by molar-refractivity contribution is 7.89. The molecule has 1 heterocycles. The Bertz CT molecular complexity index is 952. The number of ether oxygens (including phenoxy) is 1. The van der Waals surface area contributed by atoms with E-state index in [4.69, 9.17) is 4.74 Å². The van der Waals surface area contributed by atoms with Crippen molar-refractivity contribution in [2.45, 2.75) is 37.5 Å². The average molecular weight is 419 g/mol. The standard InChI is InChI=1S/C21H26N2O5S/c1-2-28-17-8-5-16(6-9-17)7-12-21(25)22-19-15-18(10-11-20(19)24)29(26,27)23-13-3-4-14-23/h5-6,8-11,15,24H,2-4,7,12-14H2,1H3,(H,22,25). The lowest BCUT2D eigenvalue weighted by atomic mass is 10.1. The first-order chi connectivity index (χ1) is 13.9. The van der Waals surface area contributed by atoms with E-state index in [1.165, 1.54) is 22.5 Å². The molecule has 0 aromatic heterocycles. The fourth-order valence-corrected chi connectivity index (χ4v) is 4.79. The maximum Gasteiger partial charge on any atom is 0.243 e. The number of aromatic hydroxyl groups is 1. The first-order valence-corrected chi connectivity index (χ1v) is 11.2. The summed E-state index contributed by atoms with van der Waals surface area (Å²) in [4.78, 5) is 12.4. The lowest BCUT2D eigenvalue weighted by Crippen LogP contribution is -2.28. The van der Waals surface area contributed by atoms with Crippen molar-refractivity contribution in [3.8, 4) is 11.5 Å². The molecule has 1 fully saturated rings. The molecule has 1 saturated heterocycles. The Hall–Kier alpha value is -2.58. The zero-order chi connectivity index (χ0) is 20.9. The lowest BCUT2D eigenvalue weighted by Gasteiger charge is -2.16. The summed E-state index contributed by atoms with van der Waals surface area (Å²) in [5.74, 6) is 0.311. The minimum Gasteiger partial charge on any atom is -0.506 e. The predicted molar refractivity (Wildman–Crippen MR) is 111 cm³/mol. The first kappa shape index (κ1) is 21.1. The number of carbonyl (C=O) groups is 1. The van der Waals surface area contributed by atoms with Gasteiger partial charge in [0.2, 0.25) is 15.9 Å². The molecule has 3 rings (SSSR count). The van der Waals surface area contributed by atoms with E-state index >= 15 is 0 Å². The maximum atomic E-state index is 12.7. The Morgan fingerprint density at radius 2 is 1.83 bits per heavy atom. The van der Waals surface area contributed by atoms with Gasteiger partial charge in [0.1, 0.15) is 11.5 Å². The second-order valence-corrected chi connectivity index (χ2v) is 8.85. The first-order valence-electron chi connectivity index (χ1n) is 9.75. The van der Waals surface area contributed by atoms with Crippen LogP contribution >= 0.6 is 0 Å². The molecule has 0 atom stereocenters. The fraction of sp³-hybridized carbons (Fsp3) is 0.381. The number of phenols is 1. The number of aryl methyl sites for hydroxylation is 1. The third-order valence-electron chi connectivity index (χ3n) is 4.82. The maximum absolute atomic E-state index is 12.7. The van der Waals surface area contributed by atoms with Crippen molar-refractivity contribution in [2.24, 2.45) is 0 Å². The van der Waals surface area contributed by atoms with Crippen LogP contribution in [0.2, 0.25) is 0 Å². The molecule has 0 radical (unpaired) electrons. The van der Waals surface area contributed by atoms with Crippen LogP contribution in [0.15, 0.2) is 47.4 Å². The van der Waals surface area contributed by atoms with Crippen molar-refractivity contribution in [3.63, 3.8) is 0 Å². The number of anilines is 1. The molecular formula is C21H26N2O5S. The predicted octanol–water partition coefficient (Wildman–Crippen LogP) is 3.15. The molecule has 29 heavy (non-hydrogen) atoms. The number of nitrogens with zero attached hydrogens (tertiary/aromatic N) is 1. The number of amides is 1. The second kappa shape index (κ2) is 9.28. The van der Waals surface area contributed by atoms with Crippen molar-refractivity contribution in [2.75, 3.05) is 25.0 Å². The summed E-state index contributed by atoms with van der Waals surface area (Å²) in [7, 11) is -3.62. The molecule has 0 spiro atoms. The number of nitrogens with one attached hydrogen (secondary N) is 1. The van der Waals surface area contributed by atoms with Gasteiger partial charge in [0.15, 0.2) is 0 Å². The molecule has 1 aliphatic rings. The number of carbonyl (C=O) groups excluding carboxylic acids is 1. The average Bonchev–Trinajstić information content (AvgIpc) is 3.25. The summed E-state index contributed by atoms with van der Waals surface area (Å²) >= 11 is 0. The number of hydrogen-bond donors (Lipinski definition) is 2. The van der Waals surface area contributed by atoms with E-state index in [2.05, 4.69) is 5.32 Å². The SMILES string of the molecule is CCOc1ccc(CCC(=O)Nc2cc(S(=O)(=O)N3CCCC3)ccc2O)cc1. The number of sulfonamides is 1. The molecule has 0 saturated carbocycles. The van der Waals surface area contributed by atoms with E-state index in [1.54, 1.807) is 0 Å². The number of rotatable bonds is 8. The van der Waals surface area contributed by atoms with Gasteiger partial charge in [-0.3, -0.25) is 4.79 Å². The fourth-order valence-electron chi connectivity index (χ4n) is 3.24. The van der Waals surface area contributed by atoms with Crippen LogP contribution in [0.3, 0.4) is 0 Å². The summed E-state index contributed by atoms with van der Waals surface area (Å²) in [6.07, 6.45) is 2.40. The summed E-state index contributed by atoms with van der Waals surface area (Å²) in [5, 5.41) is 12.7. The minimum absolute atomic E-state index is 0.0685. The molecule has 2 aromatic carbocycles. The van der Waals surface area contributed by atoms with Crippen molar-refractivity contribution in [1.29, 1.82) is 0 Å². The zero-order valence-electron chi connectivity index (χ0n) is 16.4. The zero-order valence-corrected chi connectivity index (χ0v) is 17.2. The quantitative estimate of drug-likeness (QED) is 0.642. The van der Waals surface area contributed by atoms with Crippen LogP contribution in [0, 0.1) is 0 Å². The molecule has 0 bridgehead atoms. The van der Waals surface area contributed by atoms with Crippen LogP contribution in [-0.4, -0.2) is 43.4 Å². The van der Waals surface area contributed by atoms with Crippen molar-refractivity contribution < 1.29 is 23.1 Å². The van der Waals surface area contributed by atoms with Crippen LogP contribution < -0.4 is 10.1 Å². The van der Waals surface area contributed by atoms with E-state index in [1.807, 2.05) is 31.2 Å². The number of benzene rings is 2. The van der Waals surface area contributed by atoms with Crippen molar-refractivity contribution in [3.05, 3.63) is 48.0 Å². The van der Waals surface area contributed by atoms with Crippen LogP contribution in [0.4, 0.5) is 5.69 Å². The van der Waals surface area contributed by atoms with E-state index in [9.17, 15) is 18.3 Å². The number of phenolic OH excluding ortho intramolecular Hbond substituents is 1. The molecule has 1 aliphatic heterocycles. The summed E-state index contributed by atoms with van der Waals surface area (Å²) in [5.41, 5.74) is 1.08. The largest absolute Gasteiger partial charge is 0.506 e. The summed E-state index contributed by atoms with van der Waals surface area (Å²) in [6.45, 7) is 3.50. The summed E-state index contributed by atoms with van der Waals surface area (Å²) in [6, 6.07) is 11.5. The molecule has 1 amide bonds. The second-order valence-electron chi connectivity index (χ2n) is 6.92. The molecule has 156 valence electrons. The highest BCUT2D eigenvalue weighted by atomic mass is 32.2. The Labute approximate surface area is 171 Å². The highest BCUT2D eigenvalue weighted by Crippen LogP contribution is 2.29. The topological polar surface area (TPSA) is 95.9 Å². The molecule has 0 aliphatic carbocycles. The van der Waals surface area contributed by atoms with Gasteiger partial charge in [0, 0.05) is 19.5 Å². The normalized spacial score (nSPS) is 14.7. The Morgan fingerprint density at radius 1 is 1.14 bits per heavy atom. The van der Waals surface area contributed by atoms with Crippen molar-refractivity contribution >= 4 is 21.6 Å². The molecular weight excluding hydrogens is 392 g/mol. The smallest absolute Gasteiger partial charge is 0.243 e. The van der Waals surface area contributed by atoms with Crippen LogP contribution in [0.5, 0.6) is 11.5 Å². The van der Waals surface area contributed by atoms with Crippen molar-refractivity contribution in [1.82, 2.24) is 4.31 Å². The van der Waals surface area contributed by atoms with Gasteiger partial charge >= 0.3 is 0 Å². The van der Waals surface area contributed by atoms with Crippen LogP contribution in [0.1, 0.15) is 31.7 Å². The number of hydrogen-bond acceptors (Lipinski definition) is 5. The molecule has 0 unspecified atom stereocenters. The third kappa shape index (κ3) is 5.27. The van der Waals surface area contributed by atoms with E-state index < -0.39 is 10.0 Å². The van der Waals surface area contributed by atoms with Gasteiger partial charge in [-0.25, -0.2) is 8.42 Å². The molecule has 8 heteroatoms. The molecule has 2 aromatic rings. The third-order valence-corrected chi connectivity index (χ3v) is 6.71. The Kier molecular flexibility index (Phi) is 6.76. The van der Waals surface area contributed by atoms with Gasteiger partial charge in [0.25, 0.3) is 0 Å². The van der Waals surface area contributed by atoms with Gasteiger partial charge in [-0.15, -0.1) is 0 Å². The van der Waals surface area contributed by atoms with E-state index in [0.29, 0.717) is 26.1 Å². The van der Waals surface area contributed by atoms with E-state index in [-0.39, 0.29) is 28.7 Å². The van der Waals surface area contributed by atoms with Gasteiger partial charge in [0.05, 0.1) is 17.2 Å². The molecule has 7 nitrogen and oxygen atoms in total. The molecule has 2 N–H and O–H groups in total. The van der Waals surface area contributed by atoms with Crippen LogP contribution in [0.25, 0.3) is 0 Å². The van der Waals surface area contributed by atoms with Gasteiger partial charge in [-0.2, -0.15) is 4.31 Å². The van der Waals surface area contributed by atoms with Gasteiger partial charge in [-0.1, -0.05) is 12.1 Å².